The number of hydrogen-bond acceptors (Lipinski definition) is 5. The predicted octanol–water partition coefficient (Wildman–Crippen LogP) is 2.19. The van der Waals surface area contributed by atoms with Gasteiger partial charge in [-0.15, -0.1) is 0 Å². The van der Waals surface area contributed by atoms with Gasteiger partial charge in [-0.05, 0) is 88.6 Å². The van der Waals surface area contributed by atoms with Crippen LogP contribution in [0.5, 0.6) is 5.75 Å². The van der Waals surface area contributed by atoms with Gasteiger partial charge in [0.2, 0.25) is 0 Å². The zero-order valence-corrected chi connectivity index (χ0v) is 18.0. The molecular formula is C23H33N3O4. The highest BCUT2D eigenvalue weighted by Crippen LogP contribution is 2.42. The van der Waals surface area contributed by atoms with E-state index in [4.69, 9.17) is 0 Å². The highest BCUT2D eigenvalue weighted by atomic mass is 16.3. The lowest BCUT2D eigenvalue weighted by molar-refractivity contribution is -0.136. The standard InChI is InChI=1S/C23H33N3O4/c1-3-26-20(28)22(24-21(26)29)10-12-23(30,13-11-22)19-6-4-5-17-15-18(27)8-7-16(17)9-14-25(19)2/h7-8,15,19,27,30H,3-6,9-14H2,1-2H3,(H,24,29)/t19-,22-,23-/m1/s1. The molecule has 3 amide bonds. The van der Waals surface area contributed by atoms with Crippen LogP contribution in [-0.4, -0.2) is 69.3 Å². The summed E-state index contributed by atoms with van der Waals surface area (Å²) >= 11 is 0. The summed E-state index contributed by atoms with van der Waals surface area (Å²) in [6.45, 7) is 3.01. The zero-order valence-electron chi connectivity index (χ0n) is 18.0. The van der Waals surface area contributed by atoms with E-state index in [1.54, 1.807) is 13.0 Å². The molecule has 0 bridgehead atoms. The zero-order chi connectivity index (χ0) is 21.5. The molecule has 1 aliphatic carbocycles. The van der Waals surface area contributed by atoms with E-state index in [9.17, 15) is 19.8 Å². The number of carbonyl (C=O) groups is 2. The number of aryl methyl sites for hydroxylation is 1. The molecule has 2 fully saturated rings. The molecular weight excluding hydrogens is 382 g/mol. The molecule has 7 nitrogen and oxygen atoms in total. The van der Waals surface area contributed by atoms with Gasteiger partial charge < -0.3 is 20.4 Å². The highest BCUT2D eigenvalue weighted by molar-refractivity contribution is 6.07. The van der Waals surface area contributed by atoms with Crippen molar-refractivity contribution in [3.63, 3.8) is 0 Å². The van der Waals surface area contributed by atoms with Crippen LogP contribution in [0.1, 0.15) is 56.6 Å². The quantitative estimate of drug-likeness (QED) is 0.644. The Morgan fingerprint density at radius 1 is 1.13 bits per heavy atom. The number of nitrogens with zero attached hydrogens (tertiary/aromatic N) is 2. The molecule has 4 rings (SSSR count). The number of hydrogen-bond donors (Lipinski definition) is 3. The molecule has 30 heavy (non-hydrogen) atoms. The van der Waals surface area contributed by atoms with E-state index in [1.165, 1.54) is 16.0 Å². The first-order valence-electron chi connectivity index (χ1n) is 11.2. The van der Waals surface area contributed by atoms with Gasteiger partial charge in [-0.3, -0.25) is 9.69 Å². The minimum atomic E-state index is -0.872. The molecule has 0 radical (unpaired) electrons. The van der Waals surface area contributed by atoms with Crippen molar-refractivity contribution in [3.05, 3.63) is 29.3 Å². The summed E-state index contributed by atoms with van der Waals surface area (Å²) in [5.41, 5.74) is 0.736. The number of rotatable bonds is 2. The maximum absolute atomic E-state index is 12.8. The van der Waals surface area contributed by atoms with Crippen LogP contribution in [-0.2, 0) is 17.6 Å². The normalized spacial score (nSPS) is 33.0. The van der Waals surface area contributed by atoms with E-state index in [1.807, 2.05) is 12.1 Å². The Morgan fingerprint density at radius 2 is 1.87 bits per heavy atom. The average Bonchev–Trinajstić information content (AvgIpc) is 2.99. The van der Waals surface area contributed by atoms with Crippen molar-refractivity contribution in [2.24, 2.45) is 0 Å². The third-order valence-electron chi connectivity index (χ3n) is 7.53. The van der Waals surface area contributed by atoms with Gasteiger partial charge >= 0.3 is 6.03 Å². The average molecular weight is 416 g/mol. The Morgan fingerprint density at radius 3 is 2.53 bits per heavy atom. The van der Waals surface area contributed by atoms with Crippen LogP contribution in [0.15, 0.2) is 18.2 Å². The predicted molar refractivity (Wildman–Crippen MR) is 113 cm³/mol. The van der Waals surface area contributed by atoms with Gasteiger partial charge in [0.05, 0.1) is 5.60 Å². The van der Waals surface area contributed by atoms with Crippen LogP contribution >= 0.6 is 0 Å². The van der Waals surface area contributed by atoms with E-state index < -0.39 is 11.1 Å². The summed E-state index contributed by atoms with van der Waals surface area (Å²) in [6, 6.07) is 5.31. The Hall–Kier alpha value is -2.12. The second-order valence-electron chi connectivity index (χ2n) is 9.26. The molecule has 2 aliphatic heterocycles. The van der Waals surface area contributed by atoms with Gasteiger partial charge in [-0.2, -0.15) is 0 Å². The Balaban J connectivity index is 1.48. The van der Waals surface area contributed by atoms with Gasteiger partial charge in [0.15, 0.2) is 0 Å². The monoisotopic (exact) mass is 415 g/mol. The lowest BCUT2D eigenvalue weighted by Crippen LogP contribution is -2.59. The maximum atomic E-state index is 12.8. The molecule has 3 aliphatic rings. The number of amides is 3. The molecule has 164 valence electrons. The van der Waals surface area contributed by atoms with Crippen LogP contribution in [0, 0.1) is 0 Å². The van der Waals surface area contributed by atoms with Crippen LogP contribution in [0.3, 0.4) is 0 Å². The smallest absolute Gasteiger partial charge is 0.325 e. The molecule has 3 N–H and O–H groups in total. The molecule has 1 spiro atoms. The minimum Gasteiger partial charge on any atom is -0.508 e. The first-order valence-corrected chi connectivity index (χ1v) is 11.2. The van der Waals surface area contributed by atoms with Gasteiger partial charge in [-0.1, -0.05) is 6.07 Å². The van der Waals surface area contributed by atoms with E-state index >= 15 is 0 Å². The van der Waals surface area contributed by atoms with Gasteiger partial charge in [-0.25, -0.2) is 4.79 Å². The number of likely N-dealkylation sites (N-methyl/N-ethyl adjacent to an activating group) is 2. The lowest BCUT2D eigenvalue weighted by Gasteiger charge is -2.47. The molecule has 1 saturated carbocycles. The fourth-order valence-electron chi connectivity index (χ4n) is 5.67. The number of carbonyl (C=O) groups excluding carboxylic acids is 2. The van der Waals surface area contributed by atoms with Crippen molar-refractivity contribution in [1.82, 2.24) is 15.1 Å². The molecule has 1 atom stereocenters. The van der Waals surface area contributed by atoms with Crippen molar-refractivity contribution in [2.75, 3.05) is 20.1 Å². The lowest BCUT2D eigenvalue weighted by atomic mass is 9.69. The molecule has 0 aromatic heterocycles. The summed E-state index contributed by atoms with van der Waals surface area (Å²) in [4.78, 5) is 28.5. The van der Waals surface area contributed by atoms with E-state index in [-0.39, 0.29) is 18.0 Å². The van der Waals surface area contributed by atoms with Gasteiger partial charge in [0, 0.05) is 19.1 Å². The SMILES string of the molecule is CCN1C(=O)N[C@]2(CC[C@@](O)([C@H]3CCCc4cc(O)ccc4CCN3C)CC2)C1=O. The Labute approximate surface area is 178 Å². The third-order valence-corrected chi connectivity index (χ3v) is 7.53. The van der Waals surface area contributed by atoms with Crippen LogP contribution in [0.25, 0.3) is 0 Å². The van der Waals surface area contributed by atoms with Crippen LogP contribution < -0.4 is 5.32 Å². The second kappa shape index (κ2) is 7.85. The van der Waals surface area contributed by atoms with Crippen LogP contribution in [0.4, 0.5) is 4.79 Å². The summed E-state index contributed by atoms with van der Waals surface area (Å²) in [5, 5.41) is 24.4. The molecule has 7 heteroatoms. The molecule has 0 unspecified atom stereocenters. The largest absolute Gasteiger partial charge is 0.508 e. The van der Waals surface area contributed by atoms with E-state index in [0.717, 1.165) is 32.2 Å². The summed E-state index contributed by atoms with van der Waals surface area (Å²) < 4.78 is 0. The summed E-state index contributed by atoms with van der Waals surface area (Å²) in [7, 11) is 2.07. The van der Waals surface area contributed by atoms with Crippen molar-refractivity contribution in [2.45, 2.75) is 75.5 Å². The molecule has 2 heterocycles. The molecule has 1 aromatic carbocycles. The number of fused-ring (bicyclic) bond motifs is 1. The number of nitrogens with one attached hydrogen (secondary N) is 1. The number of phenolic OH excluding ortho intramolecular Hbond substituents is 1. The fourth-order valence-corrected chi connectivity index (χ4v) is 5.67. The van der Waals surface area contributed by atoms with Crippen molar-refractivity contribution in [3.8, 4) is 5.75 Å². The summed E-state index contributed by atoms with van der Waals surface area (Å²) in [6.07, 6.45) is 5.50. The fraction of sp³-hybridized carbons (Fsp3) is 0.652. The number of aromatic hydroxyl groups is 1. The summed E-state index contributed by atoms with van der Waals surface area (Å²) in [5.74, 6) is 0.161. The molecule has 1 aromatic rings. The van der Waals surface area contributed by atoms with Gasteiger partial charge in [0.1, 0.15) is 11.3 Å². The number of benzene rings is 1. The highest BCUT2D eigenvalue weighted by Gasteiger charge is 2.56. The number of imide groups is 1. The minimum absolute atomic E-state index is 0.00671. The Kier molecular flexibility index (Phi) is 5.53. The Bertz CT molecular complexity index is 832. The van der Waals surface area contributed by atoms with Crippen molar-refractivity contribution in [1.29, 1.82) is 0 Å². The number of aliphatic hydroxyl groups is 1. The second-order valence-corrected chi connectivity index (χ2v) is 9.26. The third kappa shape index (κ3) is 3.58. The molecule has 1 saturated heterocycles. The van der Waals surface area contributed by atoms with Crippen molar-refractivity contribution < 1.29 is 19.8 Å². The number of phenols is 1. The first kappa shape index (κ1) is 21.1. The maximum Gasteiger partial charge on any atom is 0.325 e. The van der Waals surface area contributed by atoms with Crippen LogP contribution in [0.2, 0.25) is 0 Å². The number of urea groups is 1. The first-order chi connectivity index (χ1) is 14.3. The van der Waals surface area contributed by atoms with Gasteiger partial charge in [0.25, 0.3) is 5.91 Å². The van der Waals surface area contributed by atoms with E-state index in [0.29, 0.717) is 38.0 Å². The van der Waals surface area contributed by atoms with Crippen molar-refractivity contribution >= 4 is 11.9 Å². The topological polar surface area (TPSA) is 93.1 Å². The van der Waals surface area contributed by atoms with E-state index in [2.05, 4.69) is 17.3 Å².